The van der Waals surface area contributed by atoms with Crippen LogP contribution in [0, 0.1) is 12.1 Å². The molecule has 0 amide bonds. The second-order valence-corrected chi connectivity index (χ2v) is 17.1. The first-order chi connectivity index (χ1) is 29.2. The smallest absolute Gasteiger partial charge is 0.399 e. The van der Waals surface area contributed by atoms with Crippen molar-refractivity contribution in [1.29, 1.82) is 0 Å². The average molecular weight is 974 g/mol. The molecule has 1 radical (unpaired) electrons. The Kier molecular flexibility index (Phi) is 12.2. The van der Waals surface area contributed by atoms with E-state index in [9.17, 15) is 0 Å². The number of aryl methyl sites for hydroxylation is 2. The van der Waals surface area contributed by atoms with Crippen molar-refractivity contribution < 1.29 is 20.1 Å². The van der Waals surface area contributed by atoms with Crippen molar-refractivity contribution in [2.45, 2.75) is 72.1 Å². The summed E-state index contributed by atoms with van der Waals surface area (Å²) < 4.78 is 4.69. The molecule has 0 atom stereocenters. The monoisotopic (exact) mass is 974 g/mol. The summed E-state index contributed by atoms with van der Waals surface area (Å²) in [4.78, 5) is 12.1. The second kappa shape index (κ2) is 17.7. The number of hydrogen-bond donors (Lipinski definition) is 0. The van der Waals surface area contributed by atoms with Crippen LogP contribution in [0.4, 0.5) is 5.69 Å². The van der Waals surface area contributed by atoms with Crippen LogP contribution >= 0.6 is 0 Å². The van der Waals surface area contributed by atoms with Crippen molar-refractivity contribution >= 4 is 18.1 Å². The summed E-state index contributed by atoms with van der Waals surface area (Å²) >= 11 is 0. The summed E-state index contributed by atoms with van der Waals surface area (Å²) in [6.07, 6.45) is 8.09. The number of nitrogens with zero attached hydrogens (tertiary/aromatic N) is 5. The Morgan fingerprint density at radius 2 is 1.30 bits per heavy atom. The third-order valence-corrected chi connectivity index (χ3v) is 12.3. The van der Waals surface area contributed by atoms with E-state index < -0.39 is 0 Å². The van der Waals surface area contributed by atoms with Crippen LogP contribution in [-0.4, -0.2) is 33.0 Å². The summed E-state index contributed by atoms with van der Waals surface area (Å²) in [5.74, 6) is 3.17. The number of anilines is 1. The molecule has 61 heavy (non-hydrogen) atoms. The molecule has 0 N–H and O–H groups in total. The third-order valence-electron chi connectivity index (χ3n) is 12.3. The maximum Gasteiger partial charge on any atom is 0.399 e. The van der Waals surface area contributed by atoms with Crippen LogP contribution in [0.25, 0.3) is 50.8 Å². The molecule has 2 aliphatic heterocycles. The van der Waals surface area contributed by atoms with Crippen LogP contribution in [-0.2, 0) is 32.9 Å². The summed E-state index contributed by atoms with van der Waals surface area (Å²) in [5, 5.41) is 0. The first-order valence-corrected chi connectivity index (χ1v) is 21.5. The Bertz CT molecular complexity index is 2760. The molecule has 6 aromatic carbocycles. The van der Waals surface area contributed by atoms with Gasteiger partial charge in [-0.15, -0.1) is 60.2 Å². The average Bonchev–Trinajstić information content (AvgIpc) is 3.95. The molecule has 2 aromatic heterocycles. The number of hydrogen-bond acceptors (Lipinski definition) is 3. The van der Waals surface area contributed by atoms with Gasteiger partial charge in [-0.3, -0.25) is 9.97 Å². The Balaban J connectivity index is 0.000000166. The predicted molar refractivity (Wildman–Crippen MR) is 251 cm³/mol. The minimum Gasteiger partial charge on any atom is -0.436 e. The van der Waals surface area contributed by atoms with E-state index in [1.165, 1.54) is 67.0 Å². The van der Waals surface area contributed by atoms with Gasteiger partial charge >= 0.3 is 6.98 Å². The van der Waals surface area contributed by atoms with Crippen LogP contribution in [0.15, 0.2) is 146 Å². The van der Waals surface area contributed by atoms with Crippen molar-refractivity contribution in [2.24, 2.45) is 0 Å². The molecular formula is C54H52BIrN5-2. The van der Waals surface area contributed by atoms with Gasteiger partial charge in [-0.2, -0.15) is 0 Å². The fourth-order valence-corrected chi connectivity index (χ4v) is 9.30. The zero-order valence-corrected chi connectivity index (χ0v) is 38.5. The van der Waals surface area contributed by atoms with Gasteiger partial charge in [0.25, 0.3) is 0 Å². The van der Waals surface area contributed by atoms with Crippen LogP contribution in [0.5, 0.6) is 0 Å². The Morgan fingerprint density at radius 3 is 2.02 bits per heavy atom. The Labute approximate surface area is 376 Å². The number of imidazole rings is 2. The molecule has 0 aliphatic carbocycles. The van der Waals surface area contributed by atoms with E-state index in [2.05, 4.69) is 195 Å². The Morgan fingerprint density at radius 1 is 0.623 bits per heavy atom. The van der Waals surface area contributed by atoms with Crippen molar-refractivity contribution in [3.63, 3.8) is 0 Å². The number of rotatable bonds is 6. The first-order valence-electron chi connectivity index (χ1n) is 21.5. The van der Waals surface area contributed by atoms with Gasteiger partial charge in [-0.1, -0.05) is 126 Å². The zero-order chi connectivity index (χ0) is 41.5. The van der Waals surface area contributed by atoms with Crippen LogP contribution < -0.4 is 10.3 Å². The van der Waals surface area contributed by atoms with E-state index in [4.69, 9.17) is 4.98 Å². The molecule has 0 unspecified atom stereocenters. The molecule has 0 fully saturated rings. The molecule has 0 saturated heterocycles. The fraction of sp³-hybridized carbons (Fsp3) is 0.222. The fourth-order valence-electron chi connectivity index (χ4n) is 9.30. The number of benzene rings is 6. The summed E-state index contributed by atoms with van der Waals surface area (Å²) in [6, 6.07) is 52.1. The van der Waals surface area contributed by atoms with Gasteiger partial charge in [0, 0.05) is 61.5 Å². The van der Waals surface area contributed by atoms with Gasteiger partial charge in [-0.25, -0.2) is 0 Å². The van der Waals surface area contributed by atoms with Gasteiger partial charge in [-0.05, 0) is 94.2 Å². The molecule has 7 heteroatoms. The van der Waals surface area contributed by atoms with E-state index in [1.807, 2.05) is 30.5 Å². The molecule has 0 saturated carbocycles. The molecule has 4 heterocycles. The van der Waals surface area contributed by atoms with Crippen molar-refractivity contribution in [1.82, 2.24) is 19.0 Å². The first kappa shape index (κ1) is 42.0. The molecule has 5 nitrogen and oxygen atoms in total. The van der Waals surface area contributed by atoms with Gasteiger partial charge in [0.2, 0.25) is 0 Å². The van der Waals surface area contributed by atoms with Crippen molar-refractivity contribution in [3.8, 4) is 50.8 Å². The van der Waals surface area contributed by atoms with Gasteiger partial charge in [0.15, 0.2) is 0 Å². The molecule has 8 aromatic rings. The zero-order valence-electron chi connectivity index (χ0n) is 36.1. The molecule has 0 bridgehead atoms. The topological polar surface area (TPSA) is 38.9 Å². The van der Waals surface area contributed by atoms with Crippen molar-refractivity contribution in [2.75, 3.05) is 11.9 Å². The second-order valence-electron chi connectivity index (χ2n) is 17.1. The predicted octanol–water partition coefficient (Wildman–Crippen LogP) is 12.2. The maximum atomic E-state index is 4.96. The summed E-state index contributed by atoms with van der Waals surface area (Å²) in [5.41, 5.74) is 17.9. The summed E-state index contributed by atoms with van der Waals surface area (Å²) in [7, 11) is 2.22. The SMILES string of the molecule is CC(C)c1cc(-c2ccccc2)cc(C(C)C)c1-n1ccnc1-c1[c-]cccc1.CC(C)c1cccc2c1B1N(C)c3ccc[c-]c3-c3ncc(n31)-c1ccccc1CC2.[Ir]. The number of fused-ring (bicyclic) bond motifs is 6. The molecule has 2 aliphatic rings. The quantitative estimate of drug-likeness (QED) is 0.123. The maximum absolute atomic E-state index is 4.96. The molecule has 0 spiro atoms. The minimum atomic E-state index is 0. The standard InChI is InChI=1S/C27H25BN3.C27H27N2.Ir/c1-18(2)21-13-8-10-20-16-15-19-9-4-5-11-22(19)25-17-29-27-23-12-6-7-14-24(23)30(3)28(26(20)21)31(25)27;1-19(2)24-17-23(21-11-7-5-8-12-21)18-25(20(3)4)26(24)29-16-15-28-27(29)22-13-9-6-10-14-22;/h4-11,13-14,17-18H,15-16H2,1-3H3;5-13,15-20H,1-4H3;/q2*-1;. The van der Waals surface area contributed by atoms with Crippen molar-refractivity contribution in [3.05, 3.63) is 186 Å². The normalized spacial score (nSPS) is 12.6. The molecule has 307 valence electrons. The largest absolute Gasteiger partial charge is 0.436 e. The van der Waals surface area contributed by atoms with E-state index in [-0.39, 0.29) is 27.1 Å². The van der Waals surface area contributed by atoms with Gasteiger partial charge in [0.1, 0.15) is 0 Å². The molecular weight excluding hydrogens is 922 g/mol. The van der Waals surface area contributed by atoms with Crippen LogP contribution in [0.2, 0.25) is 0 Å². The van der Waals surface area contributed by atoms with Gasteiger partial charge < -0.3 is 13.9 Å². The van der Waals surface area contributed by atoms with Crippen LogP contribution in [0.3, 0.4) is 0 Å². The third kappa shape index (κ3) is 7.75. The summed E-state index contributed by atoms with van der Waals surface area (Å²) in [6.45, 7) is 13.7. The molecule has 10 rings (SSSR count). The van der Waals surface area contributed by atoms with E-state index in [0.717, 1.165) is 35.6 Å². The Hall–Kier alpha value is -5.75. The van der Waals surface area contributed by atoms with E-state index in [0.29, 0.717) is 17.8 Å². The van der Waals surface area contributed by atoms with Gasteiger partial charge in [0.05, 0.1) is 5.82 Å². The minimum absolute atomic E-state index is 0. The van der Waals surface area contributed by atoms with E-state index >= 15 is 0 Å². The number of aromatic nitrogens is 4. The van der Waals surface area contributed by atoms with E-state index in [1.54, 1.807) is 0 Å². The van der Waals surface area contributed by atoms with Crippen LogP contribution in [0.1, 0.15) is 87.1 Å².